The van der Waals surface area contributed by atoms with E-state index in [0.29, 0.717) is 11.3 Å². The molecule has 0 aliphatic carbocycles. The Morgan fingerprint density at radius 1 is 1.13 bits per heavy atom. The summed E-state index contributed by atoms with van der Waals surface area (Å²) in [5.41, 5.74) is 3.60. The number of benzene rings is 1. The zero-order valence-electron chi connectivity index (χ0n) is 18.0. The number of rotatable bonds is 9. The number of hydrogen-bond donors (Lipinski definition) is 2. The number of ketones is 1. The van der Waals surface area contributed by atoms with Crippen LogP contribution in [0.1, 0.15) is 62.9 Å². The minimum absolute atomic E-state index is 0.00994. The fourth-order valence-corrected chi connectivity index (χ4v) is 4.20. The first kappa shape index (κ1) is 24.6. The molecule has 1 unspecified atom stereocenters. The van der Waals surface area contributed by atoms with E-state index >= 15 is 0 Å². The molecule has 2 aromatic rings. The Labute approximate surface area is 181 Å². The Morgan fingerprint density at radius 2 is 1.74 bits per heavy atom. The summed E-state index contributed by atoms with van der Waals surface area (Å²) in [4.78, 5) is 37.3. The van der Waals surface area contributed by atoms with Crippen molar-refractivity contribution in [2.24, 2.45) is 0 Å². The van der Waals surface area contributed by atoms with E-state index in [9.17, 15) is 23.4 Å². The van der Waals surface area contributed by atoms with Gasteiger partial charge < -0.3 is 10.00 Å². The van der Waals surface area contributed by atoms with Gasteiger partial charge in [0.25, 0.3) is 0 Å². The number of carbonyl (C=O) groups excluding carboxylic acids is 1. The minimum atomic E-state index is -4.05. The Bertz CT molecular complexity index is 1040. The van der Waals surface area contributed by atoms with Crippen molar-refractivity contribution in [3.63, 3.8) is 0 Å². The molecular formula is C23H27FNO5P. The van der Waals surface area contributed by atoms with Gasteiger partial charge in [-0.05, 0) is 47.2 Å². The molecule has 0 aliphatic rings. The highest BCUT2D eigenvalue weighted by Crippen LogP contribution is 2.44. The van der Waals surface area contributed by atoms with Crippen LogP contribution < -0.4 is 0 Å². The van der Waals surface area contributed by atoms with E-state index in [2.05, 4.69) is 0 Å². The van der Waals surface area contributed by atoms with Gasteiger partial charge in [-0.15, -0.1) is 0 Å². The lowest BCUT2D eigenvalue weighted by molar-refractivity contribution is -0.139. The van der Waals surface area contributed by atoms with Crippen molar-refractivity contribution in [3.8, 4) is 11.1 Å². The van der Waals surface area contributed by atoms with Crippen molar-refractivity contribution in [1.29, 1.82) is 0 Å². The smallest absolute Gasteiger partial charge is 0.310 e. The van der Waals surface area contributed by atoms with Crippen LogP contribution >= 0.6 is 7.37 Å². The molecule has 0 fully saturated rings. The largest absolute Gasteiger partial charge is 0.481 e. The van der Waals surface area contributed by atoms with Crippen LogP contribution in [-0.2, 0) is 14.2 Å². The molecule has 0 saturated carbocycles. The number of Topliss-reactive ketones (excluding diaryl/α,β-unsaturated/α-hetero) is 1. The molecule has 0 spiro atoms. The van der Waals surface area contributed by atoms with Crippen LogP contribution in [0.25, 0.3) is 17.2 Å². The predicted octanol–water partition coefficient (Wildman–Crippen LogP) is 5.42. The first-order valence-electron chi connectivity index (χ1n) is 9.94. The number of nitrogens with zero attached hydrogens (tertiary/aromatic N) is 1. The molecule has 1 heterocycles. The van der Waals surface area contributed by atoms with Gasteiger partial charge in [0.2, 0.25) is 7.37 Å². The molecule has 8 heteroatoms. The van der Waals surface area contributed by atoms with Gasteiger partial charge in [-0.2, -0.15) is 0 Å². The second kappa shape index (κ2) is 10.1. The summed E-state index contributed by atoms with van der Waals surface area (Å²) in [6.45, 7) is 7.92. The van der Waals surface area contributed by atoms with Crippen LogP contribution in [0.3, 0.4) is 0 Å². The average Bonchev–Trinajstić information content (AvgIpc) is 2.65. The molecule has 0 bridgehead atoms. The van der Waals surface area contributed by atoms with Crippen molar-refractivity contribution in [2.45, 2.75) is 46.0 Å². The van der Waals surface area contributed by atoms with Crippen molar-refractivity contribution in [2.75, 3.05) is 6.16 Å². The summed E-state index contributed by atoms with van der Waals surface area (Å²) < 4.78 is 26.0. The van der Waals surface area contributed by atoms with E-state index in [1.54, 1.807) is 12.1 Å². The number of carboxylic acid groups (broad SMARTS) is 1. The van der Waals surface area contributed by atoms with Crippen LogP contribution in [0.15, 0.2) is 36.1 Å². The molecule has 1 atom stereocenters. The molecule has 166 valence electrons. The summed E-state index contributed by atoms with van der Waals surface area (Å²) in [7, 11) is -4.05. The number of halogens is 1. The maximum Gasteiger partial charge on any atom is 0.310 e. The lowest BCUT2D eigenvalue weighted by Crippen LogP contribution is -2.10. The molecule has 0 aliphatic heterocycles. The first-order valence-corrected chi connectivity index (χ1v) is 11.9. The summed E-state index contributed by atoms with van der Waals surface area (Å²) in [6.07, 6.45) is -0.0999. The van der Waals surface area contributed by atoms with E-state index in [-0.39, 0.29) is 17.7 Å². The Morgan fingerprint density at radius 3 is 2.26 bits per heavy atom. The lowest BCUT2D eigenvalue weighted by Gasteiger charge is -2.18. The van der Waals surface area contributed by atoms with Crippen LogP contribution in [0, 0.1) is 5.82 Å². The minimum Gasteiger partial charge on any atom is -0.481 e. The van der Waals surface area contributed by atoms with Crippen molar-refractivity contribution in [1.82, 2.24) is 4.98 Å². The molecule has 1 aromatic heterocycles. The molecule has 1 aromatic carbocycles. The lowest BCUT2D eigenvalue weighted by atomic mass is 9.92. The number of carboxylic acids is 1. The van der Waals surface area contributed by atoms with Gasteiger partial charge in [-0.1, -0.05) is 39.8 Å². The topological polar surface area (TPSA) is 105 Å². The standard InChI is InChI=1S/C23H27FNO5P/c1-14(2)21-12-20(16-5-7-17(24)8-6-16)19(23(25-21)15(3)4)9-10-31(29,30)13-18(26)11-22(27)28/h5-10,12,14-15H,11,13H2,1-4H3,(H,27,28)(H,29,30). The van der Waals surface area contributed by atoms with Crippen LogP contribution in [0.4, 0.5) is 4.39 Å². The van der Waals surface area contributed by atoms with E-state index < -0.39 is 31.7 Å². The van der Waals surface area contributed by atoms with E-state index in [1.165, 1.54) is 18.2 Å². The predicted molar refractivity (Wildman–Crippen MR) is 119 cm³/mol. The van der Waals surface area contributed by atoms with Crippen LogP contribution in [-0.4, -0.2) is 32.9 Å². The van der Waals surface area contributed by atoms with Gasteiger partial charge in [0.05, 0.1) is 11.9 Å². The quantitative estimate of drug-likeness (QED) is 0.393. The summed E-state index contributed by atoms with van der Waals surface area (Å²) in [5, 5.41) is 8.69. The number of aliphatic carboxylic acids is 1. The van der Waals surface area contributed by atoms with E-state index in [0.717, 1.165) is 22.6 Å². The zero-order valence-corrected chi connectivity index (χ0v) is 18.9. The fraction of sp³-hybridized carbons (Fsp3) is 0.348. The molecule has 6 nitrogen and oxygen atoms in total. The van der Waals surface area contributed by atoms with E-state index in [1.807, 2.05) is 33.8 Å². The molecule has 31 heavy (non-hydrogen) atoms. The van der Waals surface area contributed by atoms with Gasteiger partial charge >= 0.3 is 5.97 Å². The molecule has 2 N–H and O–H groups in total. The summed E-state index contributed by atoms with van der Waals surface area (Å²) >= 11 is 0. The number of carbonyl (C=O) groups is 2. The first-order chi connectivity index (χ1) is 14.4. The number of pyridine rings is 1. The highest BCUT2D eigenvalue weighted by Gasteiger charge is 2.22. The van der Waals surface area contributed by atoms with Crippen molar-refractivity contribution < 1.29 is 28.5 Å². The van der Waals surface area contributed by atoms with Gasteiger partial charge in [-0.25, -0.2) is 4.39 Å². The van der Waals surface area contributed by atoms with E-state index in [4.69, 9.17) is 10.1 Å². The fourth-order valence-electron chi connectivity index (χ4n) is 3.10. The van der Waals surface area contributed by atoms with Crippen molar-refractivity contribution in [3.05, 3.63) is 58.9 Å². The average molecular weight is 447 g/mol. The highest BCUT2D eigenvalue weighted by atomic mass is 31.2. The molecule has 2 rings (SSSR count). The number of hydrogen-bond acceptors (Lipinski definition) is 4. The Kier molecular flexibility index (Phi) is 8.04. The maximum atomic E-state index is 13.5. The molecule has 0 radical (unpaired) electrons. The second-order valence-corrected chi connectivity index (χ2v) is 10.2. The summed E-state index contributed by atoms with van der Waals surface area (Å²) in [6, 6.07) is 7.82. The maximum absolute atomic E-state index is 13.5. The number of aromatic nitrogens is 1. The molecule has 0 amide bonds. The Hall–Kier alpha value is -2.63. The highest BCUT2D eigenvalue weighted by molar-refractivity contribution is 7.62. The molecular weight excluding hydrogens is 420 g/mol. The third-order valence-corrected chi connectivity index (χ3v) is 6.05. The van der Waals surface area contributed by atoms with Gasteiger partial charge in [-0.3, -0.25) is 19.1 Å². The SMILES string of the molecule is CC(C)c1cc(-c2ccc(F)cc2)c(C=CP(=O)(O)CC(=O)CC(=O)O)c(C(C)C)n1. The second-order valence-electron chi connectivity index (χ2n) is 8.05. The third-order valence-electron chi connectivity index (χ3n) is 4.63. The monoisotopic (exact) mass is 447 g/mol. The van der Waals surface area contributed by atoms with Crippen molar-refractivity contribution >= 4 is 25.2 Å². The third kappa shape index (κ3) is 6.94. The van der Waals surface area contributed by atoms with Gasteiger partial charge in [0.1, 0.15) is 12.2 Å². The Balaban J connectivity index is 2.59. The normalized spacial score (nSPS) is 13.7. The zero-order chi connectivity index (χ0) is 23.3. The molecule has 0 saturated heterocycles. The van der Waals surface area contributed by atoms with Crippen LogP contribution in [0.5, 0.6) is 0 Å². The van der Waals surface area contributed by atoms with Gasteiger partial charge in [0, 0.05) is 17.1 Å². The van der Waals surface area contributed by atoms with Crippen LogP contribution in [0.2, 0.25) is 0 Å². The van der Waals surface area contributed by atoms with Gasteiger partial charge in [0.15, 0.2) is 5.78 Å². The summed E-state index contributed by atoms with van der Waals surface area (Å²) in [5.74, 6) is -1.36.